The molecule has 1 aliphatic rings. The highest BCUT2D eigenvalue weighted by molar-refractivity contribution is 6.05. The zero-order valence-electron chi connectivity index (χ0n) is 13.8. The summed E-state index contributed by atoms with van der Waals surface area (Å²) in [6.07, 6.45) is 6.75. The Labute approximate surface area is 145 Å². The summed E-state index contributed by atoms with van der Waals surface area (Å²) in [5, 5.41) is 5.69. The number of H-pyrrole nitrogens is 1. The fraction of sp³-hybridized carbons (Fsp3) is 0.389. The summed E-state index contributed by atoms with van der Waals surface area (Å²) >= 11 is 0. The van der Waals surface area contributed by atoms with Gasteiger partial charge in [0.25, 0.3) is 5.91 Å². The number of benzene rings is 1. The van der Waals surface area contributed by atoms with Crippen LogP contribution in [-0.2, 0) is 9.53 Å². The van der Waals surface area contributed by atoms with E-state index in [9.17, 15) is 14.4 Å². The van der Waals surface area contributed by atoms with Crippen molar-refractivity contribution in [2.24, 2.45) is 0 Å². The fourth-order valence-electron chi connectivity index (χ4n) is 3.08. The van der Waals surface area contributed by atoms with Gasteiger partial charge in [0.05, 0.1) is 5.56 Å². The first-order valence-corrected chi connectivity index (χ1v) is 8.47. The number of aromatic nitrogens is 1. The Hall–Kier alpha value is -2.83. The van der Waals surface area contributed by atoms with E-state index in [1.54, 1.807) is 12.3 Å². The molecule has 7 heteroatoms. The molecule has 3 N–H and O–H groups in total. The normalized spacial score (nSPS) is 14.9. The van der Waals surface area contributed by atoms with E-state index < -0.39 is 24.5 Å². The zero-order valence-corrected chi connectivity index (χ0v) is 13.8. The highest BCUT2D eigenvalue weighted by Gasteiger charge is 2.18. The number of fused-ring (bicyclic) bond motifs is 1. The fourth-order valence-corrected chi connectivity index (χ4v) is 3.08. The molecule has 3 rings (SSSR count). The minimum atomic E-state index is -0.651. The predicted octanol–water partition coefficient (Wildman–Crippen LogP) is 2.48. The van der Waals surface area contributed by atoms with Crippen molar-refractivity contribution in [1.29, 1.82) is 0 Å². The molecule has 0 bridgehead atoms. The molecule has 7 nitrogen and oxygen atoms in total. The Kier molecular flexibility index (Phi) is 5.33. The average molecular weight is 343 g/mol. The first-order chi connectivity index (χ1) is 12.1. The van der Waals surface area contributed by atoms with E-state index in [1.165, 1.54) is 6.42 Å². The van der Waals surface area contributed by atoms with Gasteiger partial charge in [-0.25, -0.2) is 9.59 Å². The van der Waals surface area contributed by atoms with E-state index in [2.05, 4.69) is 15.6 Å². The number of urea groups is 1. The van der Waals surface area contributed by atoms with Crippen molar-refractivity contribution in [2.45, 2.75) is 38.1 Å². The minimum Gasteiger partial charge on any atom is -0.452 e. The summed E-state index contributed by atoms with van der Waals surface area (Å²) in [6.45, 7) is -0.504. The largest absolute Gasteiger partial charge is 0.452 e. The quantitative estimate of drug-likeness (QED) is 0.743. The predicted molar refractivity (Wildman–Crippen MR) is 92.1 cm³/mol. The maximum absolute atomic E-state index is 12.1. The summed E-state index contributed by atoms with van der Waals surface area (Å²) in [5.74, 6) is -1.26. The van der Waals surface area contributed by atoms with Gasteiger partial charge in [0.15, 0.2) is 6.61 Å². The summed E-state index contributed by atoms with van der Waals surface area (Å²) in [4.78, 5) is 38.6. The maximum Gasteiger partial charge on any atom is 0.340 e. The third kappa shape index (κ3) is 4.37. The third-order valence-electron chi connectivity index (χ3n) is 4.34. The molecule has 0 atom stereocenters. The Morgan fingerprint density at radius 3 is 2.68 bits per heavy atom. The topological polar surface area (TPSA) is 100 Å². The van der Waals surface area contributed by atoms with Crippen molar-refractivity contribution in [3.8, 4) is 0 Å². The first kappa shape index (κ1) is 17.0. The second kappa shape index (κ2) is 7.83. The van der Waals surface area contributed by atoms with Crippen LogP contribution < -0.4 is 10.6 Å². The number of para-hydroxylation sites is 1. The van der Waals surface area contributed by atoms with Crippen LogP contribution in [0.3, 0.4) is 0 Å². The molecule has 0 aliphatic heterocycles. The van der Waals surface area contributed by atoms with Gasteiger partial charge in [-0.2, -0.15) is 0 Å². The average Bonchev–Trinajstić information content (AvgIpc) is 3.04. The van der Waals surface area contributed by atoms with Gasteiger partial charge in [-0.1, -0.05) is 37.5 Å². The molecule has 3 amide bonds. The number of ether oxygens (including phenoxy) is 1. The molecule has 1 heterocycles. The number of aromatic amines is 1. The molecule has 0 radical (unpaired) electrons. The van der Waals surface area contributed by atoms with Crippen molar-refractivity contribution >= 4 is 28.8 Å². The summed E-state index contributed by atoms with van der Waals surface area (Å²) in [6, 6.07) is 6.87. The molecule has 1 aromatic carbocycles. The monoisotopic (exact) mass is 343 g/mol. The number of esters is 1. The summed E-state index contributed by atoms with van der Waals surface area (Å²) < 4.78 is 5.00. The van der Waals surface area contributed by atoms with Gasteiger partial charge in [-0.3, -0.25) is 10.1 Å². The molecular formula is C18H21N3O4. The molecule has 1 saturated carbocycles. The first-order valence-electron chi connectivity index (χ1n) is 8.47. The number of rotatable bonds is 4. The van der Waals surface area contributed by atoms with Crippen LogP contribution in [0.2, 0.25) is 0 Å². The van der Waals surface area contributed by atoms with Gasteiger partial charge in [0.1, 0.15) is 0 Å². The lowest BCUT2D eigenvalue weighted by Crippen LogP contribution is -2.46. The van der Waals surface area contributed by atoms with Gasteiger partial charge in [-0.15, -0.1) is 0 Å². The second-order valence-corrected chi connectivity index (χ2v) is 6.18. The van der Waals surface area contributed by atoms with Crippen LogP contribution in [0.5, 0.6) is 0 Å². The van der Waals surface area contributed by atoms with Crippen LogP contribution in [-0.4, -0.2) is 35.5 Å². The van der Waals surface area contributed by atoms with Crippen molar-refractivity contribution in [1.82, 2.24) is 15.6 Å². The highest BCUT2D eigenvalue weighted by Crippen LogP contribution is 2.18. The van der Waals surface area contributed by atoms with Crippen molar-refractivity contribution in [2.75, 3.05) is 6.61 Å². The Bertz CT molecular complexity index is 777. The Morgan fingerprint density at radius 2 is 1.88 bits per heavy atom. The second-order valence-electron chi connectivity index (χ2n) is 6.18. The van der Waals surface area contributed by atoms with Crippen LogP contribution in [0.1, 0.15) is 42.5 Å². The minimum absolute atomic E-state index is 0.107. The number of hydrogen-bond donors (Lipinski definition) is 3. The smallest absolute Gasteiger partial charge is 0.340 e. The number of imide groups is 1. The standard InChI is InChI=1S/C18H21N3O4/c22-16(21-18(24)20-12-6-2-1-3-7-12)11-25-17(23)14-10-19-15-9-5-4-8-13(14)15/h4-5,8-10,12,19H,1-3,6-7,11H2,(H2,20,21,22,24). The molecule has 132 valence electrons. The lowest BCUT2D eigenvalue weighted by molar-refractivity contribution is -0.123. The number of carbonyl (C=O) groups is 3. The number of nitrogens with one attached hydrogen (secondary N) is 3. The lowest BCUT2D eigenvalue weighted by atomic mass is 9.96. The Morgan fingerprint density at radius 1 is 1.12 bits per heavy atom. The van der Waals surface area contributed by atoms with E-state index in [4.69, 9.17) is 4.74 Å². The maximum atomic E-state index is 12.1. The molecule has 0 unspecified atom stereocenters. The van der Waals surface area contributed by atoms with E-state index in [0.29, 0.717) is 5.56 Å². The van der Waals surface area contributed by atoms with Crippen LogP contribution in [0.25, 0.3) is 10.9 Å². The molecular weight excluding hydrogens is 322 g/mol. The van der Waals surface area contributed by atoms with E-state index in [0.717, 1.165) is 36.6 Å². The van der Waals surface area contributed by atoms with Crippen molar-refractivity contribution < 1.29 is 19.1 Å². The molecule has 0 saturated heterocycles. The van der Waals surface area contributed by atoms with Gasteiger partial charge in [-0.05, 0) is 18.9 Å². The molecule has 1 aliphatic carbocycles. The molecule has 1 fully saturated rings. The number of carbonyl (C=O) groups excluding carboxylic acids is 3. The molecule has 25 heavy (non-hydrogen) atoms. The van der Waals surface area contributed by atoms with Gasteiger partial charge >= 0.3 is 12.0 Å². The molecule has 1 aromatic heterocycles. The lowest BCUT2D eigenvalue weighted by Gasteiger charge is -2.22. The van der Waals surface area contributed by atoms with Crippen LogP contribution in [0.4, 0.5) is 4.79 Å². The highest BCUT2D eigenvalue weighted by atomic mass is 16.5. The number of hydrogen-bond acceptors (Lipinski definition) is 4. The summed E-state index contributed by atoms with van der Waals surface area (Å²) in [7, 11) is 0. The van der Waals surface area contributed by atoms with E-state index in [-0.39, 0.29) is 6.04 Å². The molecule has 2 aromatic rings. The molecule has 0 spiro atoms. The Balaban J connectivity index is 1.46. The van der Waals surface area contributed by atoms with Crippen molar-refractivity contribution in [3.63, 3.8) is 0 Å². The van der Waals surface area contributed by atoms with Gasteiger partial charge < -0.3 is 15.0 Å². The van der Waals surface area contributed by atoms with Crippen LogP contribution in [0.15, 0.2) is 30.5 Å². The summed E-state index contributed by atoms with van der Waals surface area (Å²) in [5.41, 5.74) is 1.17. The van der Waals surface area contributed by atoms with E-state index in [1.807, 2.05) is 18.2 Å². The van der Waals surface area contributed by atoms with E-state index >= 15 is 0 Å². The van der Waals surface area contributed by atoms with Crippen LogP contribution in [0, 0.1) is 0 Å². The van der Waals surface area contributed by atoms with Crippen molar-refractivity contribution in [3.05, 3.63) is 36.0 Å². The third-order valence-corrected chi connectivity index (χ3v) is 4.34. The SMILES string of the molecule is O=C(COC(=O)c1c[nH]c2ccccc12)NC(=O)NC1CCCCC1. The van der Waals surface area contributed by atoms with Gasteiger partial charge in [0, 0.05) is 23.1 Å². The number of amides is 3. The van der Waals surface area contributed by atoms with Crippen LogP contribution >= 0.6 is 0 Å². The van der Waals surface area contributed by atoms with Gasteiger partial charge in [0.2, 0.25) is 0 Å². The zero-order chi connectivity index (χ0) is 17.6.